The molecule has 0 aromatic heterocycles. The number of hydrogen-bond donors (Lipinski definition) is 0. The summed E-state index contributed by atoms with van der Waals surface area (Å²) in [6.45, 7) is 4.91. The summed E-state index contributed by atoms with van der Waals surface area (Å²) in [4.78, 5) is 0. The molecule has 3 aromatic carbocycles. The van der Waals surface area contributed by atoms with Crippen molar-refractivity contribution < 1.29 is 14.2 Å². The average Bonchev–Trinajstić information content (AvgIpc) is 3.25. The van der Waals surface area contributed by atoms with E-state index in [2.05, 4.69) is 67.4 Å². The summed E-state index contributed by atoms with van der Waals surface area (Å²) >= 11 is 0. The molecule has 0 bridgehead atoms. The van der Waals surface area contributed by atoms with E-state index in [0.717, 1.165) is 42.0 Å². The zero-order valence-corrected chi connectivity index (χ0v) is 18.8. The number of para-hydroxylation sites is 1. The topological polar surface area (TPSA) is 43.3 Å². The first-order valence-electron chi connectivity index (χ1n) is 11.3. The minimum atomic E-state index is -0.549. The Balaban J connectivity index is 1.48. The van der Waals surface area contributed by atoms with Gasteiger partial charge in [0.25, 0.3) is 0 Å². The molecule has 0 unspecified atom stereocenters. The van der Waals surface area contributed by atoms with Crippen molar-refractivity contribution in [1.82, 2.24) is 5.01 Å². The number of methoxy groups -OCH3 is 1. The monoisotopic (exact) mass is 428 g/mol. The Bertz CT molecular complexity index is 1230. The molecule has 2 atom stereocenters. The van der Waals surface area contributed by atoms with Crippen LogP contribution in [0.5, 0.6) is 11.5 Å². The van der Waals surface area contributed by atoms with Gasteiger partial charge in [0.1, 0.15) is 0 Å². The molecule has 0 radical (unpaired) electrons. The molecule has 1 saturated heterocycles. The maximum absolute atomic E-state index is 6.80. The fraction of sp³-hybridized carbons (Fsp3) is 0.370. The number of fused-ring (bicyclic) bond motifs is 5. The second-order valence-corrected chi connectivity index (χ2v) is 9.63. The van der Waals surface area contributed by atoms with Crippen LogP contribution < -0.4 is 9.47 Å². The molecule has 6 rings (SSSR count). The zero-order chi connectivity index (χ0) is 21.9. The second-order valence-electron chi connectivity index (χ2n) is 9.63. The van der Waals surface area contributed by atoms with Crippen molar-refractivity contribution in [2.75, 3.05) is 13.7 Å². The number of ether oxygens (including phenoxy) is 3. The Labute approximate surface area is 188 Å². The lowest BCUT2D eigenvalue weighted by Crippen LogP contribution is -2.60. The van der Waals surface area contributed by atoms with Crippen molar-refractivity contribution in [3.05, 3.63) is 71.8 Å². The highest BCUT2D eigenvalue weighted by atomic mass is 16.6. The van der Waals surface area contributed by atoms with E-state index in [1.54, 1.807) is 7.11 Å². The number of rotatable bonds is 2. The predicted molar refractivity (Wildman–Crippen MR) is 125 cm³/mol. The molecule has 32 heavy (non-hydrogen) atoms. The molecule has 1 fully saturated rings. The summed E-state index contributed by atoms with van der Waals surface area (Å²) in [6.07, 6.45) is 2.34. The maximum Gasteiger partial charge on any atom is 0.203 e. The van der Waals surface area contributed by atoms with Gasteiger partial charge in [-0.25, -0.2) is 5.01 Å². The molecular formula is C27H28N2O3. The highest BCUT2D eigenvalue weighted by molar-refractivity contribution is 6.04. The molecule has 0 amide bonds. The van der Waals surface area contributed by atoms with Gasteiger partial charge >= 0.3 is 0 Å². The summed E-state index contributed by atoms with van der Waals surface area (Å²) in [6, 6.07) is 21.4. The SMILES string of the molecule is COc1cccc2c1O[C@]1(CCOC(C)(C)C1)N1N=C(c3ccc4ccccc4c3)C[C@H]21. The van der Waals surface area contributed by atoms with Gasteiger partial charge < -0.3 is 14.2 Å². The van der Waals surface area contributed by atoms with E-state index in [1.807, 2.05) is 12.1 Å². The third kappa shape index (κ3) is 2.99. The number of hydrazone groups is 1. The van der Waals surface area contributed by atoms with Crippen LogP contribution in [0.3, 0.4) is 0 Å². The van der Waals surface area contributed by atoms with E-state index >= 15 is 0 Å². The smallest absolute Gasteiger partial charge is 0.203 e. The fourth-order valence-electron chi connectivity index (χ4n) is 5.55. The molecule has 3 aliphatic rings. The first-order chi connectivity index (χ1) is 15.5. The van der Waals surface area contributed by atoms with Gasteiger partial charge in [0.2, 0.25) is 5.72 Å². The zero-order valence-electron chi connectivity index (χ0n) is 18.8. The highest BCUT2D eigenvalue weighted by Crippen LogP contribution is 2.54. The Hall–Kier alpha value is -3.05. The lowest BCUT2D eigenvalue weighted by atomic mass is 9.86. The Morgan fingerprint density at radius 3 is 2.69 bits per heavy atom. The molecule has 3 aliphatic heterocycles. The van der Waals surface area contributed by atoms with Crippen LogP contribution in [0.1, 0.15) is 50.3 Å². The fourth-order valence-corrected chi connectivity index (χ4v) is 5.55. The van der Waals surface area contributed by atoms with Crippen molar-refractivity contribution in [3.63, 3.8) is 0 Å². The van der Waals surface area contributed by atoms with Gasteiger partial charge in [-0.1, -0.05) is 48.5 Å². The van der Waals surface area contributed by atoms with Crippen molar-refractivity contribution >= 4 is 16.5 Å². The summed E-state index contributed by atoms with van der Waals surface area (Å²) in [5.41, 5.74) is 2.57. The number of nitrogens with zero attached hydrogens (tertiary/aromatic N) is 2. The first-order valence-corrected chi connectivity index (χ1v) is 11.3. The lowest BCUT2D eigenvalue weighted by molar-refractivity contribution is -0.212. The third-order valence-electron chi connectivity index (χ3n) is 6.98. The third-order valence-corrected chi connectivity index (χ3v) is 6.98. The molecule has 1 spiro atoms. The Morgan fingerprint density at radius 2 is 1.88 bits per heavy atom. The maximum atomic E-state index is 6.80. The van der Waals surface area contributed by atoms with Gasteiger partial charge in [-0.2, -0.15) is 5.10 Å². The summed E-state index contributed by atoms with van der Waals surface area (Å²) in [7, 11) is 1.71. The number of hydrogen-bond acceptors (Lipinski definition) is 5. The molecule has 0 saturated carbocycles. The van der Waals surface area contributed by atoms with E-state index in [4.69, 9.17) is 19.3 Å². The van der Waals surface area contributed by atoms with Crippen LogP contribution in [-0.2, 0) is 4.74 Å². The summed E-state index contributed by atoms with van der Waals surface area (Å²) < 4.78 is 18.6. The van der Waals surface area contributed by atoms with Gasteiger partial charge in [0, 0.05) is 24.8 Å². The molecular weight excluding hydrogens is 400 g/mol. The van der Waals surface area contributed by atoms with Crippen LogP contribution in [0.25, 0.3) is 10.8 Å². The standard InChI is InChI=1S/C27H28N2O3/c1-26(2)17-27(13-14-31-26)29-23(21-9-6-10-24(30-3)25(21)32-27)16-22(28-29)20-12-11-18-7-4-5-8-19(18)15-20/h4-12,15,23H,13-14,16-17H2,1-3H3/t23-,27+/m1/s1. The van der Waals surface area contributed by atoms with Gasteiger partial charge in [-0.05, 0) is 42.3 Å². The molecule has 0 N–H and O–H groups in total. The van der Waals surface area contributed by atoms with E-state index < -0.39 is 5.72 Å². The van der Waals surface area contributed by atoms with E-state index in [-0.39, 0.29) is 11.6 Å². The number of benzene rings is 3. The first kappa shape index (κ1) is 19.6. The molecule has 3 heterocycles. The minimum Gasteiger partial charge on any atom is -0.493 e. The quantitative estimate of drug-likeness (QED) is 0.527. The largest absolute Gasteiger partial charge is 0.493 e. The van der Waals surface area contributed by atoms with Crippen LogP contribution in [-0.4, -0.2) is 35.8 Å². The second kappa shape index (κ2) is 6.97. The Morgan fingerprint density at radius 1 is 1.03 bits per heavy atom. The minimum absolute atomic E-state index is 0.115. The van der Waals surface area contributed by atoms with Gasteiger partial charge in [-0.3, -0.25) is 0 Å². The molecule has 3 aromatic rings. The molecule has 0 aliphatic carbocycles. The van der Waals surface area contributed by atoms with Gasteiger partial charge in [0.15, 0.2) is 11.5 Å². The van der Waals surface area contributed by atoms with Crippen LogP contribution in [0.2, 0.25) is 0 Å². The van der Waals surface area contributed by atoms with Crippen molar-refractivity contribution in [3.8, 4) is 11.5 Å². The molecule has 164 valence electrons. The Kier molecular flexibility index (Phi) is 4.28. The van der Waals surface area contributed by atoms with Gasteiger partial charge in [-0.15, -0.1) is 0 Å². The average molecular weight is 429 g/mol. The van der Waals surface area contributed by atoms with E-state index in [0.29, 0.717) is 6.61 Å². The van der Waals surface area contributed by atoms with E-state index in [9.17, 15) is 0 Å². The van der Waals surface area contributed by atoms with Crippen LogP contribution in [0, 0.1) is 0 Å². The van der Waals surface area contributed by atoms with E-state index in [1.165, 1.54) is 16.3 Å². The summed E-state index contributed by atoms with van der Waals surface area (Å²) in [5.74, 6) is 1.63. The lowest BCUT2D eigenvalue weighted by Gasteiger charge is -2.52. The highest BCUT2D eigenvalue weighted by Gasteiger charge is 2.55. The predicted octanol–water partition coefficient (Wildman–Crippen LogP) is 5.68. The van der Waals surface area contributed by atoms with Crippen molar-refractivity contribution in [2.45, 2.75) is 50.5 Å². The molecule has 5 heteroatoms. The van der Waals surface area contributed by atoms with Crippen molar-refractivity contribution in [1.29, 1.82) is 0 Å². The van der Waals surface area contributed by atoms with Crippen molar-refractivity contribution in [2.24, 2.45) is 5.10 Å². The normalized spacial score (nSPS) is 25.8. The summed E-state index contributed by atoms with van der Waals surface area (Å²) in [5, 5.41) is 9.92. The van der Waals surface area contributed by atoms with Crippen LogP contribution >= 0.6 is 0 Å². The molecule has 5 nitrogen and oxygen atoms in total. The van der Waals surface area contributed by atoms with Crippen LogP contribution in [0.15, 0.2) is 65.8 Å². The van der Waals surface area contributed by atoms with Gasteiger partial charge in [0.05, 0.1) is 31.1 Å². The van der Waals surface area contributed by atoms with Crippen LogP contribution in [0.4, 0.5) is 0 Å².